The van der Waals surface area contributed by atoms with Crippen LogP contribution in [0.25, 0.3) is 38.1 Å². The van der Waals surface area contributed by atoms with Gasteiger partial charge in [-0.15, -0.1) is 11.3 Å². The maximum Gasteiger partial charge on any atom is 0.111 e. The number of fused-ring (bicyclic) bond motifs is 3. The highest BCUT2D eigenvalue weighted by molar-refractivity contribution is 7.13. The SMILES string of the molecule is Cc1nc2cnc3ccc(-c4cccs4)cc3c2n1-c1ccc(CCN)c(Cl)c1. The van der Waals surface area contributed by atoms with Crippen LogP contribution in [0.4, 0.5) is 0 Å². The number of aryl methyl sites for hydroxylation is 1. The summed E-state index contributed by atoms with van der Waals surface area (Å²) in [5.74, 6) is 0.901. The molecule has 144 valence electrons. The van der Waals surface area contributed by atoms with Crippen molar-refractivity contribution in [2.75, 3.05) is 6.54 Å². The third-order valence-corrected chi connectivity index (χ3v) is 6.43. The van der Waals surface area contributed by atoms with Crippen molar-refractivity contribution in [3.8, 4) is 16.1 Å². The van der Waals surface area contributed by atoms with E-state index in [0.717, 1.165) is 50.5 Å². The smallest absolute Gasteiger partial charge is 0.111 e. The van der Waals surface area contributed by atoms with Gasteiger partial charge in [-0.2, -0.15) is 0 Å². The lowest BCUT2D eigenvalue weighted by molar-refractivity contribution is 0.961. The van der Waals surface area contributed by atoms with Gasteiger partial charge in [-0.3, -0.25) is 9.55 Å². The molecule has 0 aliphatic rings. The first kappa shape index (κ1) is 18.3. The Morgan fingerprint density at radius 2 is 2.00 bits per heavy atom. The molecular formula is C23H19ClN4S. The minimum absolute atomic E-state index is 0.577. The second-order valence-corrected chi connectivity index (χ2v) is 8.36. The molecule has 29 heavy (non-hydrogen) atoms. The van der Waals surface area contributed by atoms with E-state index in [1.54, 1.807) is 11.3 Å². The van der Waals surface area contributed by atoms with E-state index >= 15 is 0 Å². The molecule has 3 heterocycles. The standard InChI is InChI=1S/C23H19ClN4S/c1-14-27-21-13-26-20-7-5-16(22-3-2-10-29-22)11-18(20)23(21)28(14)17-6-4-15(8-9-25)19(24)12-17/h2-7,10-13H,8-9,25H2,1H3. The van der Waals surface area contributed by atoms with E-state index < -0.39 is 0 Å². The summed E-state index contributed by atoms with van der Waals surface area (Å²) < 4.78 is 2.16. The topological polar surface area (TPSA) is 56.7 Å². The summed E-state index contributed by atoms with van der Waals surface area (Å²) in [4.78, 5) is 10.6. The molecule has 0 saturated heterocycles. The van der Waals surface area contributed by atoms with Gasteiger partial charge < -0.3 is 5.73 Å². The second kappa shape index (κ2) is 7.26. The molecule has 0 radical (unpaired) electrons. The molecule has 0 aliphatic carbocycles. The lowest BCUT2D eigenvalue weighted by Gasteiger charge is -2.12. The predicted octanol–water partition coefficient (Wildman–Crippen LogP) is 5.77. The molecule has 0 aliphatic heterocycles. The molecule has 0 amide bonds. The number of rotatable bonds is 4. The number of halogens is 1. The molecule has 5 aromatic rings. The van der Waals surface area contributed by atoms with Gasteiger partial charge in [0.2, 0.25) is 0 Å². The van der Waals surface area contributed by atoms with Crippen LogP contribution in [0.3, 0.4) is 0 Å². The third-order valence-electron chi connectivity index (χ3n) is 5.16. The quantitative estimate of drug-likeness (QED) is 0.403. The van der Waals surface area contributed by atoms with E-state index in [9.17, 15) is 0 Å². The van der Waals surface area contributed by atoms with Crippen molar-refractivity contribution >= 4 is 44.9 Å². The summed E-state index contributed by atoms with van der Waals surface area (Å²) in [6.07, 6.45) is 2.61. The first-order valence-electron chi connectivity index (χ1n) is 9.46. The second-order valence-electron chi connectivity index (χ2n) is 7.01. The Labute approximate surface area is 177 Å². The number of nitrogens with zero attached hydrogens (tertiary/aromatic N) is 3. The largest absolute Gasteiger partial charge is 0.330 e. The predicted molar refractivity (Wildman–Crippen MR) is 122 cm³/mol. The Balaban J connectivity index is 1.78. The fraction of sp³-hybridized carbons (Fsp3) is 0.130. The van der Waals surface area contributed by atoms with Crippen molar-refractivity contribution in [2.45, 2.75) is 13.3 Å². The number of thiophene rings is 1. The van der Waals surface area contributed by atoms with Gasteiger partial charge in [-0.05, 0) is 66.7 Å². The highest BCUT2D eigenvalue weighted by Crippen LogP contribution is 2.33. The van der Waals surface area contributed by atoms with Crippen LogP contribution in [-0.2, 0) is 6.42 Å². The van der Waals surface area contributed by atoms with Crippen LogP contribution in [0.2, 0.25) is 5.02 Å². The number of benzene rings is 2. The monoisotopic (exact) mass is 418 g/mol. The number of imidazole rings is 1. The average Bonchev–Trinajstić information content (AvgIpc) is 3.37. The van der Waals surface area contributed by atoms with Crippen molar-refractivity contribution in [3.63, 3.8) is 0 Å². The molecule has 0 unspecified atom stereocenters. The summed E-state index contributed by atoms with van der Waals surface area (Å²) in [6, 6.07) is 16.7. The van der Waals surface area contributed by atoms with Crippen molar-refractivity contribution in [1.82, 2.24) is 14.5 Å². The van der Waals surface area contributed by atoms with Crippen LogP contribution in [0.1, 0.15) is 11.4 Å². The first-order valence-corrected chi connectivity index (χ1v) is 10.7. The third kappa shape index (κ3) is 3.12. The zero-order valence-corrected chi connectivity index (χ0v) is 17.5. The average molecular weight is 419 g/mol. The van der Waals surface area contributed by atoms with Crippen LogP contribution in [0.5, 0.6) is 0 Å². The Hall–Kier alpha value is -2.73. The van der Waals surface area contributed by atoms with Crippen LogP contribution < -0.4 is 5.73 Å². The Kier molecular flexibility index (Phi) is 4.59. The van der Waals surface area contributed by atoms with E-state index in [-0.39, 0.29) is 0 Å². The highest BCUT2D eigenvalue weighted by atomic mass is 35.5. The van der Waals surface area contributed by atoms with Gasteiger partial charge in [0.1, 0.15) is 11.3 Å². The Morgan fingerprint density at radius 1 is 1.10 bits per heavy atom. The molecule has 0 saturated carbocycles. The van der Waals surface area contributed by atoms with E-state index in [2.05, 4.69) is 57.4 Å². The molecule has 4 nitrogen and oxygen atoms in total. The maximum absolute atomic E-state index is 6.54. The van der Waals surface area contributed by atoms with Crippen molar-refractivity contribution in [1.29, 1.82) is 0 Å². The zero-order valence-electron chi connectivity index (χ0n) is 15.9. The molecule has 0 fully saturated rings. The molecule has 6 heteroatoms. The summed E-state index contributed by atoms with van der Waals surface area (Å²) in [6.45, 7) is 2.59. The molecule has 3 aromatic heterocycles. The van der Waals surface area contributed by atoms with Crippen molar-refractivity contribution in [3.05, 3.63) is 76.5 Å². The fourth-order valence-electron chi connectivity index (χ4n) is 3.82. The van der Waals surface area contributed by atoms with E-state index in [1.807, 2.05) is 19.2 Å². The number of hydrogen-bond donors (Lipinski definition) is 1. The summed E-state index contributed by atoms with van der Waals surface area (Å²) in [5.41, 5.74) is 11.8. The van der Waals surface area contributed by atoms with Gasteiger partial charge in [0, 0.05) is 21.0 Å². The van der Waals surface area contributed by atoms with E-state index in [4.69, 9.17) is 22.3 Å². The Bertz CT molecular complexity index is 1340. The molecule has 0 spiro atoms. The fourth-order valence-corrected chi connectivity index (χ4v) is 4.81. The number of hydrogen-bond acceptors (Lipinski definition) is 4. The molecule has 0 atom stereocenters. The first-order chi connectivity index (χ1) is 14.2. The molecule has 0 bridgehead atoms. The lowest BCUT2D eigenvalue weighted by Crippen LogP contribution is -2.04. The van der Waals surface area contributed by atoms with Gasteiger partial charge in [0.25, 0.3) is 0 Å². The van der Waals surface area contributed by atoms with E-state index in [0.29, 0.717) is 6.54 Å². The zero-order chi connectivity index (χ0) is 20.0. The van der Waals surface area contributed by atoms with Crippen LogP contribution >= 0.6 is 22.9 Å². The lowest BCUT2D eigenvalue weighted by atomic mass is 10.1. The van der Waals surface area contributed by atoms with Crippen LogP contribution in [0, 0.1) is 6.92 Å². The van der Waals surface area contributed by atoms with Crippen LogP contribution in [0.15, 0.2) is 60.1 Å². The number of aromatic nitrogens is 3. The van der Waals surface area contributed by atoms with E-state index in [1.165, 1.54) is 10.4 Å². The minimum atomic E-state index is 0.577. The minimum Gasteiger partial charge on any atom is -0.330 e. The summed E-state index contributed by atoms with van der Waals surface area (Å²) >= 11 is 8.27. The van der Waals surface area contributed by atoms with Crippen molar-refractivity contribution < 1.29 is 0 Å². The molecule has 2 aromatic carbocycles. The number of nitrogens with two attached hydrogens (primary N) is 1. The van der Waals surface area contributed by atoms with Gasteiger partial charge in [-0.25, -0.2) is 4.98 Å². The normalized spacial score (nSPS) is 11.6. The van der Waals surface area contributed by atoms with Gasteiger partial charge in [0.15, 0.2) is 0 Å². The van der Waals surface area contributed by atoms with Crippen LogP contribution in [-0.4, -0.2) is 21.1 Å². The Morgan fingerprint density at radius 3 is 2.76 bits per heavy atom. The maximum atomic E-state index is 6.54. The molecular weight excluding hydrogens is 400 g/mol. The highest BCUT2D eigenvalue weighted by Gasteiger charge is 2.15. The van der Waals surface area contributed by atoms with Crippen molar-refractivity contribution in [2.24, 2.45) is 5.73 Å². The summed E-state index contributed by atoms with van der Waals surface area (Å²) in [7, 11) is 0. The molecule has 5 rings (SSSR count). The van der Waals surface area contributed by atoms with Gasteiger partial charge in [-0.1, -0.05) is 29.8 Å². The number of pyridine rings is 1. The van der Waals surface area contributed by atoms with Gasteiger partial charge >= 0.3 is 0 Å². The van der Waals surface area contributed by atoms with Gasteiger partial charge in [0.05, 0.1) is 17.2 Å². The summed E-state index contributed by atoms with van der Waals surface area (Å²) in [5, 5.41) is 3.90. The molecule has 2 N–H and O–H groups in total.